The van der Waals surface area contributed by atoms with Gasteiger partial charge in [0.15, 0.2) is 4.80 Å². The molecule has 1 atom stereocenters. The molecule has 0 bridgehead atoms. The van der Waals surface area contributed by atoms with E-state index in [1.54, 1.807) is 11.5 Å². The SMILES string of the molecule is CCOc1ccc([C@H]2C(C(=O)OC(C)C)=C(C)N=c3s/c(=C/c4cn(CC)c5ccccc45)c(=O)n32)cc1. The molecule has 1 aliphatic rings. The van der Waals surface area contributed by atoms with Gasteiger partial charge in [-0.25, -0.2) is 9.79 Å². The number of thiazole rings is 1. The van der Waals surface area contributed by atoms with Gasteiger partial charge in [-0.15, -0.1) is 0 Å². The third-order valence-corrected chi connectivity index (χ3v) is 7.52. The molecule has 3 heterocycles. The summed E-state index contributed by atoms with van der Waals surface area (Å²) in [5, 5.41) is 1.08. The number of nitrogens with zero attached hydrogens (tertiary/aromatic N) is 3. The van der Waals surface area contributed by atoms with Crippen molar-refractivity contribution in [2.75, 3.05) is 6.61 Å². The molecule has 1 aliphatic heterocycles. The van der Waals surface area contributed by atoms with Crippen LogP contribution in [-0.2, 0) is 16.1 Å². The average molecular weight is 530 g/mol. The molecule has 38 heavy (non-hydrogen) atoms. The Morgan fingerprint density at radius 3 is 2.55 bits per heavy atom. The highest BCUT2D eigenvalue weighted by atomic mass is 32.1. The Morgan fingerprint density at radius 1 is 1.13 bits per heavy atom. The van der Waals surface area contributed by atoms with Gasteiger partial charge >= 0.3 is 5.97 Å². The first-order valence-electron chi connectivity index (χ1n) is 12.9. The Balaban J connectivity index is 1.71. The van der Waals surface area contributed by atoms with Crippen molar-refractivity contribution in [1.82, 2.24) is 9.13 Å². The van der Waals surface area contributed by atoms with Gasteiger partial charge < -0.3 is 14.0 Å². The van der Waals surface area contributed by atoms with E-state index in [9.17, 15) is 9.59 Å². The van der Waals surface area contributed by atoms with Crippen LogP contribution >= 0.6 is 11.3 Å². The molecule has 0 spiro atoms. The number of benzene rings is 2. The van der Waals surface area contributed by atoms with Crippen LogP contribution in [0.4, 0.5) is 0 Å². The monoisotopic (exact) mass is 529 g/mol. The summed E-state index contributed by atoms with van der Waals surface area (Å²) in [5.41, 5.74) is 3.60. The molecule has 0 radical (unpaired) electrons. The first-order chi connectivity index (χ1) is 18.3. The minimum Gasteiger partial charge on any atom is -0.494 e. The lowest BCUT2D eigenvalue weighted by molar-refractivity contribution is -0.143. The second kappa shape index (κ2) is 10.5. The summed E-state index contributed by atoms with van der Waals surface area (Å²) in [6.07, 6.45) is 3.70. The van der Waals surface area contributed by atoms with Crippen molar-refractivity contribution < 1.29 is 14.3 Å². The zero-order valence-electron chi connectivity index (χ0n) is 22.2. The van der Waals surface area contributed by atoms with Gasteiger partial charge in [-0.05, 0) is 64.5 Å². The first-order valence-corrected chi connectivity index (χ1v) is 13.7. The summed E-state index contributed by atoms with van der Waals surface area (Å²) in [4.78, 5) is 32.5. The van der Waals surface area contributed by atoms with Crippen LogP contribution in [0.5, 0.6) is 5.75 Å². The number of para-hydroxylation sites is 1. The number of esters is 1. The lowest BCUT2D eigenvalue weighted by Crippen LogP contribution is -2.40. The summed E-state index contributed by atoms with van der Waals surface area (Å²) in [6, 6.07) is 15.0. The van der Waals surface area contributed by atoms with E-state index in [0.717, 1.165) is 34.3 Å². The van der Waals surface area contributed by atoms with Crippen LogP contribution in [0, 0.1) is 0 Å². The highest BCUT2D eigenvalue weighted by Crippen LogP contribution is 2.32. The van der Waals surface area contributed by atoms with Gasteiger partial charge in [0.2, 0.25) is 0 Å². The van der Waals surface area contributed by atoms with Crippen LogP contribution in [0.1, 0.15) is 51.8 Å². The Hall–Kier alpha value is -3.91. The molecule has 196 valence electrons. The van der Waals surface area contributed by atoms with Gasteiger partial charge in [-0.3, -0.25) is 9.36 Å². The number of hydrogen-bond acceptors (Lipinski definition) is 6. The number of aromatic nitrogens is 2. The van der Waals surface area contributed by atoms with E-state index >= 15 is 0 Å². The van der Waals surface area contributed by atoms with E-state index in [-0.39, 0.29) is 11.7 Å². The molecule has 2 aromatic heterocycles. The van der Waals surface area contributed by atoms with Crippen molar-refractivity contribution in [3.63, 3.8) is 0 Å². The number of ether oxygens (including phenoxy) is 2. The first kappa shape index (κ1) is 25.7. The van der Waals surface area contributed by atoms with E-state index < -0.39 is 12.0 Å². The third-order valence-electron chi connectivity index (χ3n) is 6.54. The molecule has 0 saturated carbocycles. The van der Waals surface area contributed by atoms with Crippen LogP contribution < -0.4 is 19.6 Å². The molecule has 0 N–H and O–H groups in total. The van der Waals surface area contributed by atoms with Crippen molar-refractivity contribution in [2.24, 2.45) is 4.99 Å². The van der Waals surface area contributed by atoms with E-state index in [1.165, 1.54) is 11.3 Å². The quantitative estimate of drug-likeness (QED) is 0.329. The number of allylic oxidation sites excluding steroid dienone is 1. The maximum Gasteiger partial charge on any atom is 0.338 e. The maximum atomic E-state index is 14.0. The van der Waals surface area contributed by atoms with Crippen molar-refractivity contribution in [1.29, 1.82) is 0 Å². The largest absolute Gasteiger partial charge is 0.494 e. The van der Waals surface area contributed by atoms with Crippen LogP contribution in [0.2, 0.25) is 0 Å². The number of rotatable bonds is 7. The molecule has 7 nitrogen and oxygen atoms in total. The minimum absolute atomic E-state index is 0.191. The van der Waals surface area contributed by atoms with E-state index in [0.29, 0.717) is 27.2 Å². The summed E-state index contributed by atoms with van der Waals surface area (Å²) < 4.78 is 15.6. The minimum atomic E-state index is -0.660. The van der Waals surface area contributed by atoms with E-state index in [2.05, 4.69) is 29.8 Å². The fourth-order valence-electron chi connectivity index (χ4n) is 4.88. The smallest absolute Gasteiger partial charge is 0.338 e. The number of aryl methyl sites for hydroxylation is 1. The van der Waals surface area contributed by atoms with Gasteiger partial charge in [0.25, 0.3) is 5.56 Å². The number of carbonyl (C=O) groups excluding carboxylic acids is 1. The molecule has 0 fully saturated rings. The predicted octanol–water partition coefficient (Wildman–Crippen LogP) is 4.56. The van der Waals surface area contributed by atoms with Gasteiger partial charge in [-0.1, -0.05) is 41.7 Å². The van der Waals surface area contributed by atoms with Crippen LogP contribution in [0.25, 0.3) is 17.0 Å². The van der Waals surface area contributed by atoms with Crippen molar-refractivity contribution in [2.45, 2.75) is 53.3 Å². The molecular weight excluding hydrogens is 498 g/mol. The molecule has 0 aliphatic carbocycles. The van der Waals surface area contributed by atoms with Gasteiger partial charge in [-0.2, -0.15) is 0 Å². The normalized spacial score (nSPS) is 15.6. The highest BCUT2D eigenvalue weighted by Gasteiger charge is 2.33. The molecular formula is C30H31N3O4S. The van der Waals surface area contributed by atoms with E-state index in [1.807, 2.05) is 63.2 Å². The molecule has 0 amide bonds. The van der Waals surface area contributed by atoms with Crippen LogP contribution in [-0.4, -0.2) is 27.8 Å². The van der Waals surface area contributed by atoms with Gasteiger partial charge in [0.05, 0.1) is 34.6 Å². The highest BCUT2D eigenvalue weighted by molar-refractivity contribution is 7.07. The molecule has 5 rings (SSSR count). The van der Waals surface area contributed by atoms with Gasteiger partial charge in [0, 0.05) is 29.2 Å². The zero-order chi connectivity index (χ0) is 27.0. The Bertz CT molecular complexity index is 1720. The molecule has 0 unspecified atom stereocenters. The number of hydrogen-bond donors (Lipinski definition) is 0. The number of carbonyl (C=O) groups is 1. The lowest BCUT2D eigenvalue weighted by Gasteiger charge is -2.25. The topological polar surface area (TPSA) is 74.8 Å². The average Bonchev–Trinajstić information content (AvgIpc) is 3.40. The predicted molar refractivity (Wildman–Crippen MR) is 150 cm³/mol. The summed E-state index contributed by atoms with van der Waals surface area (Å²) in [5.74, 6) is 0.253. The summed E-state index contributed by atoms with van der Waals surface area (Å²) >= 11 is 1.33. The van der Waals surface area contributed by atoms with Crippen molar-refractivity contribution in [3.05, 3.63) is 96.8 Å². The summed E-state index contributed by atoms with van der Waals surface area (Å²) in [6.45, 7) is 10.8. The fourth-order valence-corrected chi connectivity index (χ4v) is 5.92. The second-order valence-corrected chi connectivity index (χ2v) is 10.4. The second-order valence-electron chi connectivity index (χ2n) is 9.43. The van der Waals surface area contributed by atoms with Crippen molar-refractivity contribution in [3.8, 4) is 5.75 Å². The lowest BCUT2D eigenvalue weighted by atomic mass is 9.96. The molecule has 2 aromatic carbocycles. The zero-order valence-corrected chi connectivity index (χ0v) is 23.0. The Morgan fingerprint density at radius 2 is 1.87 bits per heavy atom. The molecule has 8 heteroatoms. The molecule has 4 aromatic rings. The Labute approximate surface area is 225 Å². The van der Waals surface area contributed by atoms with E-state index in [4.69, 9.17) is 14.5 Å². The number of fused-ring (bicyclic) bond motifs is 2. The van der Waals surface area contributed by atoms with Gasteiger partial charge in [0.1, 0.15) is 5.75 Å². The summed E-state index contributed by atoms with van der Waals surface area (Å²) in [7, 11) is 0. The fraction of sp³-hybridized carbons (Fsp3) is 0.300. The Kier molecular flexibility index (Phi) is 7.08. The van der Waals surface area contributed by atoms with Crippen LogP contribution in [0.15, 0.2) is 75.8 Å². The molecule has 0 saturated heterocycles. The maximum absolute atomic E-state index is 14.0. The van der Waals surface area contributed by atoms with Crippen molar-refractivity contribution >= 4 is 34.3 Å². The van der Waals surface area contributed by atoms with Crippen LogP contribution in [0.3, 0.4) is 0 Å². The third kappa shape index (κ3) is 4.60. The standard InChI is InChI=1S/C30H31N3O4S/c1-6-32-17-21(23-10-8-9-11-24(23)32)16-25-28(34)33-27(20-12-14-22(15-13-20)36-7-2)26(29(35)37-18(3)4)19(5)31-30(33)38-25/h8-18,27H,6-7H2,1-5H3/b25-16+/t27-/m0/s1.